The number of nitrogens with zero attached hydrogens (tertiary/aromatic N) is 6. The van der Waals surface area contributed by atoms with Crippen molar-refractivity contribution in [2.24, 2.45) is 14.1 Å². The van der Waals surface area contributed by atoms with Crippen LogP contribution in [0.4, 0.5) is 5.82 Å². The first-order valence-corrected chi connectivity index (χ1v) is 8.25. The molecule has 1 unspecified atom stereocenters. The van der Waals surface area contributed by atoms with Crippen LogP contribution in [0.2, 0.25) is 0 Å². The first kappa shape index (κ1) is 17.3. The molecule has 0 bridgehead atoms. The summed E-state index contributed by atoms with van der Waals surface area (Å²) in [6, 6.07) is 1.90. The smallest absolute Gasteiger partial charge is 0.163 e. The van der Waals surface area contributed by atoms with Gasteiger partial charge in [0.25, 0.3) is 0 Å². The van der Waals surface area contributed by atoms with Crippen LogP contribution in [0.5, 0.6) is 0 Å². The Balaban J connectivity index is 2.08. The Morgan fingerprint density at radius 2 is 1.92 bits per heavy atom. The van der Waals surface area contributed by atoms with E-state index in [1.807, 2.05) is 24.8 Å². The van der Waals surface area contributed by atoms with E-state index in [-0.39, 0.29) is 11.5 Å². The highest BCUT2D eigenvalue weighted by atomic mass is 16.5. The van der Waals surface area contributed by atoms with Crippen molar-refractivity contribution in [2.75, 3.05) is 19.0 Å². The van der Waals surface area contributed by atoms with E-state index < -0.39 is 0 Å². The van der Waals surface area contributed by atoms with Crippen molar-refractivity contribution in [1.29, 1.82) is 0 Å². The minimum absolute atomic E-state index is 0.0800. The van der Waals surface area contributed by atoms with Gasteiger partial charge < -0.3 is 10.1 Å². The predicted molar refractivity (Wildman–Crippen MR) is 96.5 cm³/mol. The van der Waals surface area contributed by atoms with Crippen LogP contribution in [0.3, 0.4) is 0 Å². The molecule has 25 heavy (non-hydrogen) atoms. The summed E-state index contributed by atoms with van der Waals surface area (Å²) in [6.45, 7) is 6.79. The molecule has 1 N–H and O–H groups in total. The molecule has 0 spiro atoms. The first-order valence-electron chi connectivity index (χ1n) is 8.25. The van der Waals surface area contributed by atoms with Gasteiger partial charge in [-0.05, 0) is 6.07 Å². The highest BCUT2D eigenvalue weighted by Crippen LogP contribution is 2.28. The Bertz CT molecular complexity index is 875. The molecule has 3 heterocycles. The lowest BCUT2D eigenvalue weighted by Crippen LogP contribution is -2.22. The molecule has 0 amide bonds. The normalized spacial score (nSPS) is 13.4. The monoisotopic (exact) mass is 343 g/mol. The zero-order valence-electron chi connectivity index (χ0n) is 15.6. The van der Waals surface area contributed by atoms with Crippen LogP contribution in [0.1, 0.15) is 38.3 Å². The second-order valence-electron chi connectivity index (χ2n) is 7.18. The van der Waals surface area contributed by atoms with E-state index in [0.717, 1.165) is 28.4 Å². The van der Waals surface area contributed by atoms with Gasteiger partial charge in [0, 0.05) is 32.8 Å². The molecule has 0 radical (unpaired) electrons. The van der Waals surface area contributed by atoms with Gasteiger partial charge in [-0.1, -0.05) is 20.8 Å². The number of anilines is 1. The molecule has 3 aromatic heterocycles. The van der Waals surface area contributed by atoms with Crippen molar-refractivity contribution in [1.82, 2.24) is 29.5 Å². The fourth-order valence-corrected chi connectivity index (χ4v) is 2.73. The van der Waals surface area contributed by atoms with Gasteiger partial charge in [-0.2, -0.15) is 10.2 Å². The highest BCUT2D eigenvalue weighted by molar-refractivity contribution is 5.86. The first-order chi connectivity index (χ1) is 11.8. The van der Waals surface area contributed by atoms with Gasteiger partial charge >= 0.3 is 0 Å². The number of nitrogens with one attached hydrogen (secondary N) is 1. The number of ether oxygens (including phenoxy) is 1. The lowest BCUT2D eigenvalue weighted by Gasteiger charge is -2.22. The maximum absolute atomic E-state index is 5.40. The Hall–Kier alpha value is -2.48. The van der Waals surface area contributed by atoms with Gasteiger partial charge in [-0.25, -0.2) is 9.97 Å². The molecule has 0 aliphatic carbocycles. The summed E-state index contributed by atoms with van der Waals surface area (Å²) < 4.78 is 9.01. The summed E-state index contributed by atoms with van der Waals surface area (Å²) >= 11 is 0. The lowest BCUT2D eigenvalue weighted by molar-refractivity contribution is 0.184. The maximum atomic E-state index is 5.40. The number of hydrogen-bond acceptors (Lipinski definition) is 6. The molecule has 1 atom stereocenters. The molecule has 3 rings (SSSR count). The zero-order chi connectivity index (χ0) is 18.2. The van der Waals surface area contributed by atoms with Crippen LogP contribution in [0.25, 0.3) is 11.0 Å². The number of hydrogen-bond donors (Lipinski definition) is 1. The fourth-order valence-electron chi connectivity index (χ4n) is 2.73. The van der Waals surface area contributed by atoms with Gasteiger partial charge in [0.2, 0.25) is 0 Å². The molecular formula is C17H25N7O. The van der Waals surface area contributed by atoms with Gasteiger partial charge in [0.05, 0.1) is 29.9 Å². The number of aromatic nitrogens is 6. The molecule has 134 valence electrons. The molecule has 0 fully saturated rings. The fraction of sp³-hybridized carbons (Fsp3) is 0.529. The second kappa shape index (κ2) is 6.44. The van der Waals surface area contributed by atoms with Crippen LogP contribution in [0.15, 0.2) is 18.5 Å². The minimum atomic E-state index is -0.168. The summed E-state index contributed by atoms with van der Waals surface area (Å²) in [5.74, 6) is 1.53. The standard InChI is InChI=1S/C17H25N7O/c1-17(2,3)16-21-14(11-9-19-24(5)15(11)22-16)20-12(10-25-6)13-7-8-18-23(13)4/h7-9,12H,10H2,1-6H3,(H,20,21,22). The van der Waals surface area contributed by atoms with E-state index in [1.165, 1.54) is 0 Å². The summed E-state index contributed by atoms with van der Waals surface area (Å²) in [5.41, 5.74) is 1.66. The summed E-state index contributed by atoms with van der Waals surface area (Å²) in [7, 11) is 5.49. The van der Waals surface area contributed by atoms with Crippen molar-refractivity contribution in [2.45, 2.75) is 32.2 Å². The highest BCUT2D eigenvalue weighted by Gasteiger charge is 2.23. The van der Waals surface area contributed by atoms with E-state index >= 15 is 0 Å². The molecule has 0 aromatic carbocycles. The summed E-state index contributed by atoms with van der Waals surface area (Å²) in [6.07, 6.45) is 3.57. The average Bonchev–Trinajstić information content (AvgIpc) is 3.12. The molecule has 0 aliphatic heterocycles. The Morgan fingerprint density at radius 1 is 1.16 bits per heavy atom. The molecule has 8 heteroatoms. The molecule has 0 saturated heterocycles. The van der Waals surface area contributed by atoms with Crippen LogP contribution >= 0.6 is 0 Å². The van der Waals surface area contributed by atoms with E-state index in [4.69, 9.17) is 14.7 Å². The third-order valence-corrected chi connectivity index (χ3v) is 4.12. The molecule has 3 aromatic rings. The van der Waals surface area contributed by atoms with Crippen molar-refractivity contribution in [3.8, 4) is 0 Å². The van der Waals surface area contributed by atoms with Gasteiger partial charge in [-0.15, -0.1) is 0 Å². The molecule has 8 nitrogen and oxygen atoms in total. The SMILES string of the molecule is COCC(Nc1nc(C(C)(C)C)nc2c1cnn2C)c1ccnn1C. The number of rotatable bonds is 5. The quantitative estimate of drug-likeness (QED) is 0.765. The third kappa shape index (κ3) is 3.34. The van der Waals surface area contributed by atoms with Crippen LogP contribution in [-0.4, -0.2) is 43.2 Å². The number of aryl methyl sites for hydroxylation is 2. The average molecular weight is 343 g/mol. The van der Waals surface area contributed by atoms with Crippen LogP contribution in [0, 0.1) is 0 Å². The maximum Gasteiger partial charge on any atom is 0.163 e. The zero-order valence-corrected chi connectivity index (χ0v) is 15.6. The van der Waals surface area contributed by atoms with Crippen LogP contribution < -0.4 is 5.32 Å². The minimum Gasteiger partial charge on any atom is -0.382 e. The third-order valence-electron chi connectivity index (χ3n) is 4.12. The number of fused-ring (bicyclic) bond motifs is 1. The van der Waals surface area contributed by atoms with Gasteiger partial charge in [0.1, 0.15) is 11.6 Å². The molecule has 0 aliphatic rings. The van der Waals surface area contributed by atoms with E-state index in [2.05, 4.69) is 36.3 Å². The summed E-state index contributed by atoms with van der Waals surface area (Å²) in [4.78, 5) is 9.49. The molecular weight excluding hydrogens is 318 g/mol. The van der Waals surface area contributed by atoms with Gasteiger partial charge in [-0.3, -0.25) is 9.36 Å². The largest absolute Gasteiger partial charge is 0.382 e. The topological polar surface area (TPSA) is 82.7 Å². The van der Waals surface area contributed by atoms with Crippen molar-refractivity contribution >= 4 is 16.9 Å². The Morgan fingerprint density at radius 3 is 2.52 bits per heavy atom. The molecule has 0 saturated carbocycles. The number of methoxy groups -OCH3 is 1. The lowest BCUT2D eigenvalue weighted by atomic mass is 9.95. The van der Waals surface area contributed by atoms with Gasteiger partial charge in [0.15, 0.2) is 5.65 Å². The van der Waals surface area contributed by atoms with E-state index in [0.29, 0.717) is 6.61 Å². The van der Waals surface area contributed by atoms with Crippen LogP contribution in [-0.2, 0) is 24.2 Å². The van der Waals surface area contributed by atoms with Crippen molar-refractivity contribution in [3.05, 3.63) is 30.0 Å². The van der Waals surface area contributed by atoms with Crippen molar-refractivity contribution < 1.29 is 4.74 Å². The Labute approximate surface area is 147 Å². The predicted octanol–water partition coefficient (Wildman–Crippen LogP) is 2.19. The summed E-state index contributed by atoms with van der Waals surface area (Å²) in [5, 5.41) is 13.0. The van der Waals surface area contributed by atoms with Crippen molar-refractivity contribution in [3.63, 3.8) is 0 Å². The second-order valence-corrected chi connectivity index (χ2v) is 7.18. The Kier molecular flexibility index (Phi) is 4.47. The van der Waals surface area contributed by atoms with E-state index in [9.17, 15) is 0 Å². The van der Waals surface area contributed by atoms with E-state index in [1.54, 1.807) is 24.2 Å².